The first-order valence-electron chi connectivity index (χ1n) is 5.68. The van der Waals surface area contributed by atoms with Gasteiger partial charge in [0.1, 0.15) is 6.54 Å². The SMILES string of the molecule is C=CCN1C(=O)NC(=O)[N+](CC=C)(C(N)CN)C1=O. The molecule has 1 heterocycles. The number of carbonyl (C=O) groups excluding carboxylic acids is 3. The van der Waals surface area contributed by atoms with Crippen molar-refractivity contribution in [2.24, 2.45) is 11.5 Å². The molecule has 0 aromatic heterocycles. The Morgan fingerprint density at radius 3 is 2.42 bits per heavy atom. The van der Waals surface area contributed by atoms with Gasteiger partial charge in [0.2, 0.25) is 0 Å². The number of urea groups is 3. The van der Waals surface area contributed by atoms with E-state index in [1.54, 1.807) is 0 Å². The van der Waals surface area contributed by atoms with Crippen molar-refractivity contribution in [1.82, 2.24) is 10.2 Å². The molecule has 1 fully saturated rings. The highest BCUT2D eigenvalue weighted by Crippen LogP contribution is 2.20. The fourth-order valence-corrected chi connectivity index (χ4v) is 1.91. The van der Waals surface area contributed by atoms with Crippen LogP contribution in [0.15, 0.2) is 25.3 Å². The van der Waals surface area contributed by atoms with Crippen LogP contribution in [-0.4, -0.2) is 53.3 Å². The number of hydrogen-bond donors (Lipinski definition) is 3. The Bertz CT molecular complexity index is 436. The summed E-state index contributed by atoms with van der Waals surface area (Å²) in [4.78, 5) is 37.0. The molecule has 2 atom stereocenters. The van der Waals surface area contributed by atoms with Gasteiger partial charge in [-0.25, -0.2) is 24.6 Å². The van der Waals surface area contributed by atoms with E-state index in [9.17, 15) is 14.4 Å². The number of imide groups is 3. The van der Waals surface area contributed by atoms with Crippen LogP contribution < -0.4 is 16.8 Å². The molecule has 1 aliphatic heterocycles. The zero-order valence-corrected chi connectivity index (χ0v) is 10.5. The molecule has 0 bridgehead atoms. The van der Waals surface area contributed by atoms with E-state index in [0.717, 1.165) is 4.90 Å². The Balaban J connectivity index is 3.29. The first-order valence-corrected chi connectivity index (χ1v) is 5.68. The third-order valence-corrected chi connectivity index (χ3v) is 2.93. The smallest absolute Gasteiger partial charge is 0.324 e. The molecule has 19 heavy (non-hydrogen) atoms. The molecular formula is C11H18N5O3+. The number of nitrogens with one attached hydrogen (secondary N) is 1. The van der Waals surface area contributed by atoms with E-state index < -0.39 is 28.7 Å². The first kappa shape index (κ1) is 15.0. The van der Waals surface area contributed by atoms with Crippen LogP contribution in [0.25, 0.3) is 0 Å². The van der Waals surface area contributed by atoms with Crippen LogP contribution in [0.5, 0.6) is 0 Å². The number of carbonyl (C=O) groups is 3. The molecule has 104 valence electrons. The van der Waals surface area contributed by atoms with Gasteiger partial charge in [-0.2, -0.15) is 0 Å². The first-order chi connectivity index (χ1) is 8.95. The van der Waals surface area contributed by atoms with E-state index >= 15 is 0 Å². The van der Waals surface area contributed by atoms with E-state index in [-0.39, 0.29) is 19.6 Å². The van der Waals surface area contributed by atoms with Gasteiger partial charge in [0.25, 0.3) is 0 Å². The molecule has 0 aromatic carbocycles. The summed E-state index contributed by atoms with van der Waals surface area (Å²) in [5.41, 5.74) is 11.3. The van der Waals surface area contributed by atoms with E-state index in [1.165, 1.54) is 12.2 Å². The zero-order valence-electron chi connectivity index (χ0n) is 10.5. The molecule has 0 spiro atoms. The van der Waals surface area contributed by atoms with E-state index in [2.05, 4.69) is 18.5 Å². The maximum absolute atomic E-state index is 12.4. The molecule has 0 aliphatic carbocycles. The van der Waals surface area contributed by atoms with Gasteiger partial charge in [-0.1, -0.05) is 12.7 Å². The minimum absolute atomic E-state index is 0.0214. The molecule has 8 nitrogen and oxygen atoms in total. The Morgan fingerprint density at radius 2 is 1.95 bits per heavy atom. The van der Waals surface area contributed by atoms with Crippen molar-refractivity contribution in [2.45, 2.75) is 6.17 Å². The quantitative estimate of drug-likeness (QED) is 0.451. The summed E-state index contributed by atoms with van der Waals surface area (Å²) in [5, 5.41) is 2.10. The van der Waals surface area contributed by atoms with Gasteiger partial charge in [-0.05, 0) is 6.08 Å². The normalized spacial score (nSPS) is 24.9. The fraction of sp³-hybridized carbons (Fsp3) is 0.364. The van der Waals surface area contributed by atoms with E-state index in [1.807, 2.05) is 0 Å². The van der Waals surface area contributed by atoms with Crippen LogP contribution in [0.4, 0.5) is 14.4 Å². The van der Waals surface area contributed by atoms with Crippen LogP contribution in [0.2, 0.25) is 0 Å². The lowest BCUT2D eigenvalue weighted by molar-refractivity contribution is -0.793. The third kappa shape index (κ3) is 2.28. The Hall–Kier alpha value is -2.03. The van der Waals surface area contributed by atoms with Crippen molar-refractivity contribution in [3.63, 3.8) is 0 Å². The second-order valence-electron chi connectivity index (χ2n) is 4.06. The van der Waals surface area contributed by atoms with Crippen molar-refractivity contribution < 1.29 is 18.9 Å². The number of quaternary nitrogens is 1. The van der Waals surface area contributed by atoms with Crippen LogP contribution in [0, 0.1) is 0 Å². The third-order valence-electron chi connectivity index (χ3n) is 2.93. The topological polar surface area (TPSA) is 119 Å². The van der Waals surface area contributed by atoms with Crippen LogP contribution in [0.3, 0.4) is 0 Å². The van der Waals surface area contributed by atoms with E-state index in [4.69, 9.17) is 11.5 Å². The summed E-state index contributed by atoms with van der Waals surface area (Å²) in [6.07, 6.45) is 1.80. The molecule has 2 unspecified atom stereocenters. The summed E-state index contributed by atoms with van der Waals surface area (Å²) < 4.78 is -0.806. The van der Waals surface area contributed by atoms with Gasteiger partial charge in [-0.3, -0.25) is 5.73 Å². The van der Waals surface area contributed by atoms with E-state index in [0.29, 0.717) is 0 Å². The summed E-state index contributed by atoms with van der Waals surface area (Å²) in [6, 6.07) is -2.32. The van der Waals surface area contributed by atoms with Crippen molar-refractivity contribution in [2.75, 3.05) is 19.6 Å². The summed E-state index contributed by atoms with van der Waals surface area (Å²) >= 11 is 0. The highest BCUT2D eigenvalue weighted by Gasteiger charge is 2.56. The monoisotopic (exact) mass is 268 g/mol. The van der Waals surface area contributed by atoms with Gasteiger partial charge in [0, 0.05) is 0 Å². The van der Waals surface area contributed by atoms with Crippen molar-refractivity contribution >= 4 is 18.1 Å². The van der Waals surface area contributed by atoms with Crippen molar-refractivity contribution in [1.29, 1.82) is 0 Å². The number of hydrogen-bond acceptors (Lipinski definition) is 5. The van der Waals surface area contributed by atoms with Gasteiger partial charge in [0.05, 0.1) is 13.1 Å². The van der Waals surface area contributed by atoms with Crippen molar-refractivity contribution in [3.8, 4) is 0 Å². The van der Waals surface area contributed by atoms with Gasteiger partial charge < -0.3 is 5.73 Å². The minimum atomic E-state index is -0.967. The largest absolute Gasteiger partial charge is 0.438 e. The van der Waals surface area contributed by atoms with Gasteiger partial charge >= 0.3 is 18.1 Å². The number of nitrogens with two attached hydrogens (primary N) is 2. The average Bonchev–Trinajstić information content (AvgIpc) is 2.38. The predicted molar refractivity (Wildman–Crippen MR) is 68.6 cm³/mol. The molecular weight excluding hydrogens is 250 g/mol. The Labute approximate surface area is 110 Å². The lowest BCUT2D eigenvalue weighted by atomic mass is 10.2. The number of nitrogens with zero attached hydrogens (tertiary/aromatic N) is 2. The number of rotatable bonds is 6. The zero-order chi connectivity index (χ0) is 14.6. The standard InChI is InChI=1S/C11H17N5O3/c1-3-5-15-9(17)14-10(18)16(6-4-2,11(15)19)8(13)7-12/h3-4,8H,1-2,5-7,12-13H2/p+1. The molecule has 0 saturated carbocycles. The lowest BCUT2D eigenvalue weighted by Crippen LogP contribution is -2.78. The summed E-state index contributed by atoms with van der Waals surface area (Å²) in [6.45, 7) is 6.80. The molecule has 6 amide bonds. The molecule has 8 heteroatoms. The second kappa shape index (κ2) is 5.74. The minimum Gasteiger partial charge on any atom is -0.324 e. The molecule has 0 radical (unpaired) electrons. The lowest BCUT2D eigenvalue weighted by Gasteiger charge is -2.41. The summed E-state index contributed by atoms with van der Waals surface area (Å²) in [7, 11) is 0. The fourth-order valence-electron chi connectivity index (χ4n) is 1.91. The van der Waals surface area contributed by atoms with Gasteiger partial charge in [0.15, 0.2) is 6.17 Å². The molecule has 5 N–H and O–H groups in total. The molecule has 1 aliphatic rings. The molecule has 1 saturated heterocycles. The number of amides is 6. The molecule has 1 rings (SSSR count). The van der Waals surface area contributed by atoms with Crippen LogP contribution in [-0.2, 0) is 0 Å². The second-order valence-corrected chi connectivity index (χ2v) is 4.06. The highest BCUT2D eigenvalue weighted by atomic mass is 16.2. The Morgan fingerprint density at radius 1 is 1.32 bits per heavy atom. The maximum Gasteiger partial charge on any atom is 0.438 e. The highest BCUT2D eigenvalue weighted by molar-refractivity contribution is 6.06. The predicted octanol–water partition coefficient (Wildman–Crippen LogP) is -0.316. The summed E-state index contributed by atoms with van der Waals surface area (Å²) in [5.74, 6) is 0. The maximum atomic E-state index is 12.4. The average molecular weight is 268 g/mol. The molecule has 0 aromatic rings. The van der Waals surface area contributed by atoms with Gasteiger partial charge in [-0.15, -0.1) is 11.1 Å². The van der Waals surface area contributed by atoms with Crippen LogP contribution in [0.1, 0.15) is 0 Å². The van der Waals surface area contributed by atoms with Crippen molar-refractivity contribution in [3.05, 3.63) is 25.3 Å². The van der Waals surface area contributed by atoms with Crippen LogP contribution >= 0.6 is 0 Å². The Kier molecular flexibility index (Phi) is 4.54.